The molecule has 0 aliphatic carbocycles. The molecule has 21 heteroatoms. The van der Waals surface area contributed by atoms with Crippen molar-refractivity contribution in [3.05, 3.63) is 243 Å². The summed E-state index contributed by atoms with van der Waals surface area (Å²) in [5, 5.41) is 0.313. The van der Waals surface area contributed by atoms with E-state index in [1.54, 1.807) is 0 Å². The zero-order valence-corrected chi connectivity index (χ0v) is 47.0. The molecule has 0 N–H and O–H groups in total. The van der Waals surface area contributed by atoms with Gasteiger partial charge in [0.25, 0.3) is 0 Å². The smallest absolute Gasteiger partial charge is 0.309 e. The number of hydrogen-bond acceptors (Lipinski definition) is 0. The van der Waals surface area contributed by atoms with Crippen molar-refractivity contribution in [3.63, 3.8) is 0 Å². The average molecular weight is 1260 g/mol. The summed E-state index contributed by atoms with van der Waals surface area (Å²) >= 11 is 0. The minimum atomic E-state index is -5.63. The van der Waals surface area contributed by atoms with Gasteiger partial charge in [-0.15, -0.1) is 0 Å². The quantitative estimate of drug-likeness (QED) is 0.112. The minimum Gasteiger partial charge on any atom is -0.309 e. The normalized spacial score (nSPS) is 12.9. The maximum atomic E-state index is 17.6. The highest BCUT2D eigenvalue weighted by Gasteiger charge is 2.43. The van der Waals surface area contributed by atoms with Crippen molar-refractivity contribution in [2.45, 2.75) is 57.8 Å². The number of nitrogens with zero attached hydrogens (tertiary/aromatic N) is 3. The summed E-state index contributed by atoms with van der Waals surface area (Å²) < 4.78 is 275. The topological polar surface area (TPSA) is 14.2 Å². The third kappa shape index (κ3) is 10.9. The van der Waals surface area contributed by atoms with Crippen molar-refractivity contribution >= 4 is 49.3 Å². The zero-order valence-electron chi connectivity index (χ0n) is 47.0. The second-order valence-corrected chi connectivity index (χ2v) is 22.0. The van der Waals surface area contributed by atoms with Gasteiger partial charge in [0.2, 0.25) is 0 Å². The van der Waals surface area contributed by atoms with Crippen LogP contribution in [0.15, 0.2) is 182 Å². The van der Waals surface area contributed by atoms with Gasteiger partial charge in [0.15, 0.2) is 5.69 Å². The van der Waals surface area contributed by atoms with Crippen molar-refractivity contribution in [1.29, 1.82) is 0 Å². The number of rotatable bonds is 7. The number of fused-ring (bicyclic) bond motifs is 6. The molecule has 2 heterocycles. The number of alkyl halides is 18. The van der Waals surface area contributed by atoms with Crippen LogP contribution in [-0.2, 0) is 37.1 Å². The molecule has 3 nitrogen and oxygen atoms in total. The van der Waals surface area contributed by atoms with Gasteiger partial charge < -0.3 is 9.13 Å². The highest BCUT2D eigenvalue weighted by atomic mass is 19.4. The van der Waals surface area contributed by atoms with Crippen LogP contribution in [0, 0.1) is 27.3 Å². The molecule has 0 fully saturated rings. The lowest BCUT2D eigenvalue weighted by Gasteiger charge is -2.25. The lowest BCUT2D eigenvalue weighted by Crippen LogP contribution is -2.17. The van der Waals surface area contributed by atoms with Gasteiger partial charge in [-0.2, -0.15) is 79.0 Å². The van der Waals surface area contributed by atoms with E-state index in [9.17, 15) is 39.5 Å². The van der Waals surface area contributed by atoms with E-state index < -0.39 is 104 Å². The van der Waals surface area contributed by atoms with Gasteiger partial charge in [-0.3, -0.25) is 0 Å². The van der Waals surface area contributed by atoms with Crippen molar-refractivity contribution < 1.29 is 79.0 Å². The third-order valence-electron chi connectivity index (χ3n) is 16.1. The lowest BCUT2D eigenvalue weighted by atomic mass is 9.95. The molecule has 0 aliphatic heterocycles. The molecule has 91 heavy (non-hydrogen) atoms. The van der Waals surface area contributed by atoms with Gasteiger partial charge in [0.05, 0.1) is 67.8 Å². The molecule has 0 saturated carbocycles. The van der Waals surface area contributed by atoms with Gasteiger partial charge >= 0.3 is 37.1 Å². The summed E-state index contributed by atoms with van der Waals surface area (Å²) in [5.41, 5.74) is -13.0. The molecular weight excluding hydrogens is 1220 g/mol. The zero-order chi connectivity index (χ0) is 65.4. The first-order chi connectivity index (χ1) is 42.6. The lowest BCUT2D eigenvalue weighted by molar-refractivity contribution is -0.143. The fourth-order valence-electron chi connectivity index (χ4n) is 12.1. The summed E-state index contributed by atoms with van der Waals surface area (Å²) in [4.78, 5) is 3.49. The number of benzene rings is 10. The molecule has 0 unspecified atom stereocenters. The van der Waals surface area contributed by atoms with Gasteiger partial charge in [-0.05, 0) is 149 Å². The van der Waals surface area contributed by atoms with Crippen LogP contribution in [0.3, 0.4) is 0 Å². The molecule has 10 aromatic carbocycles. The van der Waals surface area contributed by atoms with Gasteiger partial charge in [-0.25, -0.2) is 4.85 Å². The van der Waals surface area contributed by atoms with E-state index in [2.05, 4.69) is 4.85 Å². The second-order valence-electron chi connectivity index (χ2n) is 22.0. The highest BCUT2D eigenvalue weighted by Crippen LogP contribution is 2.52. The Bertz CT molecular complexity index is 5020. The van der Waals surface area contributed by atoms with E-state index in [4.69, 9.17) is 6.57 Å². The average Bonchev–Trinajstić information content (AvgIpc) is 1.60. The molecule has 460 valence electrons. The Balaban J connectivity index is 1.28. The first-order valence-electron chi connectivity index (χ1n) is 27.3. The Morgan fingerprint density at radius 1 is 0.319 bits per heavy atom. The van der Waals surface area contributed by atoms with Crippen LogP contribution in [-0.4, -0.2) is 9.13 Å². The maximum absolute atomic E-state index is 17.6. The monoisotopic (exact) mass is 1260 g/mol. The maximum Gasteiger partial charge on any atom is 0.420 e. The minimum absolute atomic E-state index is 0.00847. The van der Waals surface area contributed by atoms with Crippen LogP contribution in [0.1, 0.15) is 50.1 Å². The highest BCUT2D eigenvalue weighted by molar-refractivity contribution is 6.14. The van der Waals surface area contributed by atoms with Crippen LogP contribution >= 0.6 is 0 Å². The molecule has 0 bridgehead atoms. The number of hydrogen-bond donors (Lipinski definition) is 0. The molecule has 0 spiro atoms. The number of halogens is 18. The molecule has 0 atom stereocenters. The largest absolute Gasteiger partial charge is 0.420 e. The molecule has 0 aliphatic rings. The summed E-state index contributed by atoms with van der Waals surface area (Å²) in [6.45, 7) is 12.1. The number of aromatic nitrogens is 2. The Morgan fingerprint density at radius 2 is 0.692 bits per heavy atom. The van der Waals surface area contributed by atoms with Crippen LogP contribution in [0.4, 0.5) is 84.7 Å². The first kappa shape index (κ1) is 61.3. The van der Waals surface area contributed by atoms with Gasteiger partial charge in [-0.1, -0.05) is 120 Å². The van der Waals surface area contributed by atoms with Gasteiger partial charge in [0, 0.05) is 27.1 Å². The van der Waals surface area contributed by atoms with Crippen LogP contribution in [0.2, 0.25) is 0 Å². The first-order valence-corrected chi connectivity index (χ1v) is 27.3. The fourth-order valence-corrected chi connectivity index (χ4v) is 12.1. The fraction of sp³-hybridized carbons (Fsp3) is 0.129. The Labute approximate surface area is 504 Å². The Hall–Kier alpha value is -9.97. The molecule has 12 aromatic rings. The molecule has 12 rings (SSSR count). The Morgan fingerprint density at radius 3 is 1.10 bits per heavy atom. The van der Waals surface area contributed by atoms with Crippen LogP contribution in [0.5, 0.6) is 0 Å². The van der Waals surface area contributed by atoms with Crippen LogP contribution < -0.4 is 0 Å². The third-order valence-corrected chi connectivity index (χ3v) is 16.1. The van der Waals surface area contributed by atoms with Crippen molar-refractivity contribution in [1.82, 2.24) is 9.13 Å². The van der Waals surface area contributed by atoms with Gasteiger partial charge in [0.1, 0.15) is 5.56 Å². The summed E-state index contributed by atoms with van der Waals surface area (Å²) in [5.74, 6) is 0. The van der Waals surface area contributed by atoms with Crippen LogP contribution in [0.25, 0.3) is 115 Å². The summed E-state index contributed by atoms with van der Waals surface area (Å²) in [7, 11) is 0. The van der Waals surface area contributed by atoms with E-state index in [1.807, 2.05) is 0 Å². The SMILES string of the molecule is [C-]#[N+]c1cccc(-c2ccc(-n3c4cc(-c5ccc(C)cc5C(F)(F)F)ccc4c4ccc(-c5ccc(C(F)(F)F)cc5C(F)(F)F)cc43)c(C(F)(F)F)c2-n2c3cc(-c4ccc(C(F)(F)F)cc4C)ccc3c3ccc(-c4ccc(C)cc4C(F)(F)F)cc32)c1. The van der Waals surface area contributed by atoms with E-state index in [0.29, 0.717) is 12.1 Å². The molecule has 0 amide bonds. The van der Waals surface area contributed by atoms with Crippen molar-refractivity contribution in [3.8, 4) is 67.0 Å². The predicted octanol–water partition coefficient (Wildman–Crippen LogP) is 23.8. The molecule has 0 radical (unpaired) electrons. The summed E-state index contributed by atoms with van der Waals surface area (Å²) in [6, 6.07) is 33.2. The predicted molar refractivity (Wildman–Crippen MR) is 313 cm³/mol. The van der Waals surface area contributed by atoms with E-state index >= 15 is 39.5 Å². The molecular formula is C70H39F18N3. The van der Waals surface area contributed by atoms with E-state index in [-0.39, 0.29) is 105 Å². The van der Waals surface area contributed by atoms with E-state index in [0.717, 1.165) is 69.8 Å². The Kier molecular flexibility index (Phi) is 14.4. The summed E-state index contributed by atoms with van der Waals surface area (Å²) in [6.07, 6.45) is -31.1. The van der Waals surface area contributed by atoms with Crippen molar-refractivity contribution in [2.24, 2.45) is 0 Å². The second kappa shape index (κ2) is 21.3. The van der Waals surface area contributed by atoms with E-state index in [1.165, 1.54) is 124 Å². The standard InChI is InChI=1S/C70H39F18N3/c1-35-8-16-47(55(26-35)67(77,78)79)40-11-19-51-52-20-12-41(49-23-15-44(66(74,75)76)34-57(49)69(83,84)85)32-60(52)90(59(51)31-40)58-25-24-50(38-6-5-7-45(29-38)89-4)64(63(58)70(86,87)88)91-61-30-39(46-22-14-43(28-37(46)3)65(71,72)73)10-18-53(61)54-21-13-42(33-62(54)91)48-17-9-36(2)27-56(48)68(80,81)82/h5-34H,1-3H3. The molecule has 0 saturated heterocycles. The molecule has 2 aromatic heterocycles. The number of aryl methyl sites for hydroxylation is 3. The van der Waals surface area contributed by atoms with Crippen molar-refractivity contribution in [2.75, 3.05) is 0 Å².